The normalized spacial score (nSPS) is 11.9. The summed E-state index contributed by atoms with van der Waals surface area (Å²) in [6.45, 7) is 4.29. The van der Waals surface area contributed by atoms with Gasteiger partial charge in [-0.15, -0.1) is 0 Å². The van der Waals surface area contributed by atoms with Gasteiger partial charge in [-0.2, -0.15) is 0 Å². The van der Waals surface area contributed by atoms with E-state index < -0.39 is 4.92 Å². The summed E-state index contributed by atoms with van der Waals surface area (Å²) in [7, 11) is 0. The van der Waals surface area contributed by atoms with E-state index in [1.807, 2.05) is 0 Å². The number of non-ortho nitro benzene ring substituents is 1. The third kappa shape index (κ3) is 7.69. The Balaban J connectivity index is 2.23. The van der Waals surface area contributed by atoms with Gasteiger partial charge in [-0.25, -0.2) is 8.95 Å². The Kier molecular flexibility index (Phi) is 10.6. The maximum Gasteiger partial charge on any atom is 0.270 e. The summed E-state index contributed by atoms with van der Waals surface area (Å²) in [5, 5.41) is 11.7. The molecule has 1 heterocycles. The van der Waals surface area contributed by atoms with Gasteiger partial charge in [-0.05, 0) is 30.4 Å². The molecule has 0 aliphatic rings. The van der Waals surface area contributed by atoms with E-state index in [2.05, 4.69) is 18.8 Å². The van der Waals surface area contributed by atoms with Gasteiger partial charge >= 0.3 is 0 Å². The predicted octanol–water partition coefficient (Wildman–Crippen LogP) is 6.40. The molecule has 0 aliphatic carbocycles. The number of carbonyl (C=O) groups excluding carboxylic acids is 2. The minimum Gasteiger partial charge on any atom is -0.273 e. The molecule has 7 nitrogen and oxygen atoms in total. The molecular weight excluding hydrogens is 414 g/mol. The van der Waals surface area contributed by atoms with Crippen molar-refractivity contribution in [2.24, 2.45) is 4.99 Å². The molecule has 1 aromatic heterocycles. The molecule has 2 rings (SSSR count). The number of carbonyl (C=O) groups is 2. The van der Waals surface area contributed by atoms with Crippen LogP contribution in [0.5, 0.6) is 0 Å². The van der Waals surface area contributed by atoms with Crippen LogP contribution in [0.4, 0.5) is 5.69 Å². The van der Waals surface area contributed by atoms with Gasteiger partial charge in [0.1, 0.15) is 4.67 Å². The second-order valence-electron chi connectivity index (χ2n) is 7.88. The Labute approximate surface area is 187 Å². The fraction of sp³-hybridized carbons (Fsp3) is 0.609. The lowest BCUT2D eigenvalue weighted by atomic mass is 10.1. The lowest BCUT2D eigenvalue weighted by molar-refractivity contribution is -0.384. The van der Waals surface area contributed by atoms with Gasteiger partial charge in [-0.3, -0.25) is 19.7 Å². The molecule has 0 N–H and O–H groups in total. The van der Waals surface area contributed by atoms with E-state index in [0.29, 0.717) is 28.4 Å². The number of nitrogens with zero attached hydrogens (tertiary/aromatic N) is 3. The van der Waals surface area contributed by atoms with Crippen molar-refractivity contribution in [3.05, 3.63) is 33.0 Å². The minimum atomic E-state index is -0.476. The Hall–Kier alpha value is -2.35. The van der Waals surface area contributed by atoms with Crippen LogP contribution in [0.2, 0.25) is 0 Å². The highest BCUT2D eigenvalue weighted by molar-refractivity contribution is 7.06. The van der Waals surface area contributed by atoms with Crippen molar-refractivity contribution in [1.82, 2.24) is 3.96 Å². The molecule has 0 bridgehead atoms. The molecule has 0 fully saturated rings. The molecular formula is C23H33N3O4S. The molecule has 0 unspecified atom stereocenters. The monoisotopic (exact) mass is 447 g/mol. The first kappa shape index (κ1) is 24.9. The second kappa shape index (κ2) is 13.1. The van der Waals surface area contributed by atoms with E-state index in [-0.39, 0.29) is 17.5 Å². The fourth-order valence-electron chi connectivity index (χ4n) is 3.47. The lowest BCUT2D eigenvalue weighted by Gasteiger charge is -2.03. The van der Waals surface area contributed by atoms with Gasteiger partial charge in [0.25, 0.3) is 5.69 Å². The molecule has 8 heteroatoms. The maximum absolute atomic E-state index is 12.8. The third-order valence-electron chi connectivity index (χ3n) is 5.26. The molecule has 170 valence electrons. The summed E-state index contributed by atoms with van der Waals surface area (Å²) in [5.41, 5.74) is 0.497. The van der Waals surface area contributed by atoms with Crippen LogP contribution in [0, 0.1) is 10.1 Å². The van der Waals surface area contributed by atoms with E-state index in [1.165, 1.54) is 16.1 Å². The van der Waals surface area contributed by atoms with E-state index >= 15 is 0 Å². The highest BCUT2D eigenvalue weighted by Crippen LogP contribution is 2.22. The van der Waals surface area contributed by atoms with Crippen LogP contribution in [0.25, 0.3) is 10.9 Å². The van der Waals surface area contributed by atoms with Crippen molar-refractivity contribution in [3.8, 4) is 0 Å². The summed E-state index contributed by atoms with van der Waals surface area (Å²) in [6, 6.07) is 4.37. The molecule has 31 heavy (non-hydrogen) atoms. The number of nitro groups is 1. The topological polar surface area (TPSA) is 94.6 Å². The molecule has 2 aromatic rings. The first-order chi connectivity index (χ1) is 15.0. The Morgan fingerprint density at radius 2 is 1.58 bits per heavy atom. The fourth-order valence-corrected chi connectivity index (χ4v) is 4.50. The smallest absolute Gasteiger partial charge is 0.270 e. The number of aromatic nitrogens is 1. The Morgan fingerprint density at radius 3 is 2.19 bits per heavy atom. The second-order valence-corrected chi connectivity index (χ2v) is 8.81. The summed E-state index contributed by atoms with van der Waals surface area (Å²) < 4.78 is 1.91. The van der Waals surface area contributed by atoms with Crippen LogP contribution in [0.1, 0.15) is 95.7 Å². The van der Waals surface area contributed by atoms with Gasteiger partial charge in [0, 0.05) is 30.4 Å². The highest BCUT2D eigenvalue weighted by atomic mass is 32.1. The summed E-state index contributed by atoms with van der Waals surface area (Å²) >= 11 is 1.10. The van der Waals surface area contributed by atoms with Gasteiger partial charge in [0.05, 0.1) is 10.4 Å². The Bertz CT molecular complexity index is 961. The van der Waals surface area contributed by atoms with Crippen LogP contribution in [-0.2, 0) is 4.79 Å². The quantitative estimate of drug-likeness (QED) is 0.202. The zero-order valence-electron chi connectivity index (χ0n) is 18.6. The summed E-state index contributed by atoms with van der Waals surface area (Å²) in [6.07, 6.45) is 11.2. The first-order valence-electron chi connectivity index (χ1n) is 11.4. The van der Waals surface area contributed by atoms with Crippen LogP contribution >= 0.6 is 11.5 Å². The zero-order valence-corrected chi connectivity index (χ0v) is 19.4. The van der Waals surface area contributed by atoms with E-state index in [1.54, 1.807) is 6.07 Å². The number of hydrogen-bond acceptors (Lipinski definition) is 5. The molecule has 1 aromatic carbocycles. The van der Waals surface area contributed by atoms with Gasteiger partial charge in [0.15, 0.2) is 0 Å². The zero-order chi connectivity index (χ0) is 22.6. The van der Waals surface area contributed by atoms with Gasteiger partial charge in [-0.1, -0.05) is 65.2 Å². The van der Waals surface area contributed by atoms with Crippen molar-refractivity contribution < 1.29 is 14.5 Å². The maximum atomic E-state index is 12.8. The average Bonchev–Trinajstić information content (AvgIpc) is 3.11. The van der Waals surface area contributed by atoms with Crippen molar-refractivity contribution in [2.75, 3.05) is 0 Å². The van der Waals surface area contributed by atoms with Gasteiger partial charge in [0.2, 0.25) is 11.8 Å². The van der Waals surface area contributed by atoms with E-state index in [0.717, 1.165) is 75.7 Å². The summed E-state index contributed by atoms with van der Waals surface area (Å²) in [5.74, 6) is -0.306. The van der Waals surface area contributed by atoms with Crippen molar-refractivity contribution in [1.29, 1.82) is 0 Å². The standard InChI is InChI=1S/C23H33N3O4S/c1-3-5-7-9-11-13-21(27)24-23-19-17-18(26(29)30)15-16-20(19)25(31-23)22(28)14-12-10-8-6-4-2/h15-17H,3-14H2,1-2H3. The number of benzene rings is 1. The third-order valence-corrected chi connectivity index (χ3v) is 6.33. The average molecular weight is 448 g/mol. The molecule has 0 atom stereocenters. The minimum absolute atomic E-state index is 0.0613. The number of nitro benzene ring substituents is 1. The molecule has 0 saturated carbocycles. The molecule has 0 aliphatic heterocycles. The first-order valence-corrected chi connectivity index (χ1v) is 12.2. The van der Waals surface area contributed by atoms with Crippen molar-refractivity contribution in [3.63, 3.8) is 0 Å². The number of unbranched alkanes of at least 4 members (excludes halogenated alkanes) is 8. The van der Waals surface area contributed by atoms with Crippen molar-refractivity contribution >= 4 is 39.9 Å². The highest BCUT2D eigenvalue weighted by Gasteiger charge is 2.16. The number of fused-ring (bicyclic) bond motifs is 1. The van der Waals surface area contributed by atoms with Crippen LogP contribution in [0.3, 0.4) is 0 Å². The molecule has 1 amide bonds. The van der Waals surface area contributed by atoms with Crippen LogP contribution in [0.15, 0.2) is 23.2 Å². The Morgan fingerprint density at radius 1 is 0.968 bits per heavy atom. The number of hydrogen-bond donors (Lipinski definition) is 0. The predicted molar refractivity (Wildman–Crippen MR) is 124 cm³/mol. The summed E-state index contributed by atoms with van der Waals surface area (Å²) in [4.78, 5) is 40.1. The number of amides is 1. The van der Waals surface area contributed by atoms with Gasteiger partial charge < -0.3 is 0 Å². The molecule has 0 spiro atoms. The largest absolute Gasteiger partial charge is 0.273 e. The van der Waals surface area contributed by atoms with Crippen LogP contribution < -0.4 is 4.67 Å². The lowest BCUT2D eigenvalue weighted by Crippen LogP contribution is -2.07. The van der Waals surface area contributed by atoms with E-state index in [4.69, 9.17) is 0 Å². The molecule has 0 saturated heterocycles. The molecule has 0 radical (unpaired) electrons. The van der Waals surface area contributed by atoms with Crippen molar-refractivity contribution in [2.45, 2.75) is 90.9 Å². The SMILES string of the molecule is CCCCCCCC(=O)N=c1sn(C(=O)CCCCCCC)c2ccc([N+](=O)[O-])cc12. The number of rotatable bonds is 13. The van der Waals surface area contributed by atoms with Crippen LogP contribution in [-0.4, -0.2) is 20.7 Å². The van der Waals surface area contributed by atoms with E-state index in [9.17, 15) is 19.7 Å².